The van der Waals surface area contributed by atoms with Gasteiger partial charge in [0.05, 0.1) is 22.6 Å². The van der Waals surface area contributed by atoms with Crippen LogP contribution in [0.1, 0.15) is 5.69 Å². The maximum absolute atomic E-state index is 5.89. The molecule has 2 rings (SSSR count). The number of nitrogens with zero attached hydrogens (tertiary/aromatic N) is 3. The predicted molar refractivity (Wildman–Crippen MR) is 53.8 cm³/mol. The Bertz CT molecular complexity index is 366. The van der Waals surface area contributed by atoms with E-state index in [2.05, 4.69) is 9.97 Å². The summed E-state index contributed by atoms with van der Waals surface area (Å²) in [5.41, 5.74) is 0.780. The molecule has 13 heavy (non-hydrogen) atoms. The lowest BCUT2D eigenvalue weighted by Crippen LogP contribution is -2.25. The van der Waals surface area contributed by atoms with Crippen LogP contribution in [0.25, 0.3) is 6.08 Å². The summed E-state index contributed by atoms with van der Waals surface area (Å²) in [6, 6.07) is 0. The molecule has 0 saturated carbocycles. The Morgan fingerprint density at radius 2 is 2.23 bits per heavy atom. The first-order valence-corrected chi connectivity index (χ1v) is 4.61. The summed E-state index contributed by atoms with van der Waals surface area (Å²) in [5, 5.41) is 0.447. The molecule has 1 aromatic rings. The van der Waals surface area contributed by atoms with Crippen LogP contribution in [0.2, 0.25) is 0 Å². The summed E-state index contributed by atoms with van der Waals surface area (Å²) < 4.78 is 1.30. The quantitative estimate of drug-likeness (QED) is 0.394. The lowest BCUT2D eigenvalue weighted by Gasteiger charge is -2.25. The van der Waals surface area contributed by atoms with Crippen molar-refractivity contribution in [1.82, 2.24) is 9.97 Å². The smallest absolute Gasteiger partial charge is 0.155 e. The summed E-state index contributed by atoms with van der Waals surface area (Å²) in [6.45, 7) is 0. The second kappa shape index (κ2) is 3.33. The average molecular weight is 236 g/mol. The zero-order valence-corrected chi connectivity index (χ0v) is 8.55. The number of halogens is 3. The number of alkyl halides is 1. The first-order valence-electron chi connectivity index (χ1n) is 3.46. The molecule has 1 unspecified atom stereocenters. The molecule has 68 valence electrons. The highest BCUT2D eigenvalue weighted by Crippen LogP contribution is 2.35. The van der Waals surface area contributed by atoms with Crippen molar-refractivity contribution in [1.29, 1.82) is 0 Å². The van der Waals surface area contributed by atoms with Gasteiger partial charge in [-0.2, -0.15) is 0 Å². The van der Waals surface area contributed by atoms with Crippen LogP contribution in [0.4, 0.5) is 5.69 Å². The van der Waals surface area contributed by atoms with Gasteiger partial charge < -0.3 is 0 Å². The summed E-state index contributed by atoms with van der Waals surface area (Å²) in [7, 11) is 0. The number of aromatic nitrogens is 2. The minimum Gasteiger partial charge on any atom is -0.258 e. The molecule has 1 atom stereocenters. The molecule has 2 heterocycles. The van der Waals surface area contributed by atoms with Crippen molar-refractivity contribution in [2.24, 2.45) is 0 Å². The number of hydrogen-bond acceptors (Lipinski definition) is 3. The topological polar surface area (TPSA) is 29.0 Å². The van der Waals surface area contributed by atoms with E-state index in [-0.39, 0.29) is 0 Å². The second-order valence-corrected chi connectivity index (χ2v) is 3.68. The minimum absolute atomic E-state index is 0.447. The molecule has 3 nitrogen and oxygen atoms in total. The molecule has 0 fully saturated rings. The molecular weight excluding hydrogens is 232 g/mol. The molecule has 0 radical (unpaired) electrons. The van der Waals surface area contributed by atoms with Crippen LogP contribution in [-0.2, 0) is 0 Å². The van der Waals surface area contributed by atoms with Crippen molar-refractivity contribution < 1.29 is 0 Å². The summed E-state index contributed by atoms with van der Waals surface area (Å²) in [6.07, 6.45) is 4.69. The maximum atomic E-state index is 5.89. The van der Waals surface area contributed by atoms with Gasteiger partial charge in [0.15, 0.2) is 5.50 Å². The van der Waals surface area contributed by atoms with E-state index >= 15 is 0 Å². The average Bonchev–Trinajstić information content (AvgIpc) is 2.15. The third-order valence-corrected chi connectivity index (χ3v) is 2.99. The van der Waals surface area contributed by atoms with Crippen molar-refractivity contribution in [3.05, 3.63) is 23.3 Å². The fourth-order valence-corrected chi connectivity index (χ4v) is 1.69. The molecule has 0 saturated heterocycles. The molecular formula is C7H4Cl3N3. The summed E-state index contributed by atoms with van der Waals surface area (Å²) in [5.74, 6) is 0. The molecule has 0 bridgehead atoms. The SMILES string of the molecule is ClC1=Cc2ncncc2N(Cl)C1Cl. The van der Waals surface area contributed by atoms with Crippen LogP contribution in [0.15, 0.2) is 17.6 Å². The zero-order valence-electron chi connectivity index (χ0n) is 6.28. The first kappa shape index (κ1) is 9.06. The molecule has 0 N–H and O–H groups in total. The summed E-state index contributed by atoms with van der Waals surface area (Å²) >= 11 is 17.6. The third kappa shape index (κ3) is 1.47. The Morgan fingerprint density at radius 3 is 3.00 bits per heavy atom. The highest BCUT2D eigenvalue weighted by atomic mass is 35.5. The standard InChI is InChI=1S/C7H4Cl3N3/c8-4-1-5-6(2-11-3-12-5)13(10)7(4)9/h1-3,7H. The van der Waals surface area contributed by atoms with Crippen molar-refractivity contribution in [3.8, 4) is 0 Å². The number of fused-ring (bicyclic) bond motifs is 1. The van der Waals surface area contributed by atoms with Gasteiger partial charge in [-0.3, -0.25) is 4.42 Å². The van der Waals surface area contributed by atoms with E-state index in [1.807, 2.05) is 0 Å². The Balaban J connectivity index is 2.56. The van der Waals surface area contributed by atoms with E-state index < -0.39 is 5.50 Å². The van der Waals surface area contributed by atoms with E-state index in [0.29, 0.717) is 16.4 Å². The number of hydrogen-bond donors (Lipinski definition) is 0. The lowest BCUT2D eigenvalue weighted by molar-refractivity contribution is 1.02. The van der Waals surface area contributed by atoms with E-state index in [9.17, 15) is 0 Å². The highest BCUT2D eigenvalue weighted by Gasteiger charge is 2.25. The van der Waals surface area contributed by atoms with Crippen molar-refractivity contribution in [2.45, 2.75) is 5.50 Å². The van der Waals surface area contributed by atoms with Crippen LogP contribution in [0, 0.1) is 0 Å². The van der Waals surface area contributed by atoms with Gasteiger partial charge >= 0.3 is 0 Å². The van der Waals surface area contributed by atoms with E-state index in [4.69, 9.17) is 35.0 Å². The van der Waals surface area contributed by atoms with Crippen LogP contribution in [0.5, 0.6) is 0 Å². The Hall–Kier alpha value is -0.510. The second-order valence-electron chi connectivity index (χ2n) is 2.47. The molecule has 6 heteroatoms. The monoisotopic (exact) mass is 235 g/mol. The molecule has 1 aliphatic heterocycles. The number of rotatable bonds is 0. The highest BCUT2D eigenvalue weighted by molar-refractivity contribution is 6.44. The van der Waals surface area contributed by atoms with E-state index in [1.165, 1.54) is 10.7 Å². The predicted octanol–water partition coefficient (Wildman–Crippen LogP) is 2.60. The lowest BCUT2D eigenvalue weighted by atomic mass is 10.2. The van der Waals surface area contributed by atoms with Crippen molar-refractivity contribution >= 4 is 46.7 Å². The molecule has 1 aliphatic rings. The largest absolute Gasteiger partial charge is 0.258 e. The third-order valence-electron chi connectivity index (χ3n) is 1.65. The van der Waals surface area contributed by atoms with Gasteiger partial charge in [0.1, 0.15) is 6.33 Å². The molecule has 0 spiro atoms. The summed E-state index contributed by atoms with van der Waals surface area (Å²) in [4.78, 5) is 7.84. The van der Waals surface area contributed by atoms with Gasteiger partial charge in [-0.1, -0.05) is 23.2 Å². The van der Waals surface area contributed by atoms with Gasteiger partial charge in [-0.25, -0.2) is 9.97 Å². The van der Waals surface area contributed by atoms with Gasteiger partial charge in [0.25, 0.3) is 0 Å². The van der Waals surface area contributed by atoms with Crippen molar-refractivity contribution in [3.63, 3.8) is 0 Å². The van der Waals surface area contributed by atoms with Gasteiger partial charge in [0, 0.05) is 11.8 Å². The van der Waals surface area contributed by atoms with E-state index in [1.54, 1.807) is 12.3 Å². The van der Waals surface area contributed by atoms with Crippen LogP contribution in [0.3, 0.4) is 0 Å². The van der Waals surface area contributed by atoms with Gasteiger partial charge in [-0.05, 0) is 6.08 Å². The molecule has 0 aromatic carbocycles. The minimum atomic E-state index is -0.554. The first-order chi connectivity index (χ1) is 6.20. The van der Waals surface area contributed by atoms with Gasteiger partial charge in [0.2, 0.25) is 0 Å². The van der Waals surface area contributed by atoms with Crippen LogP contribution >= 0.6 is 35.0 Å². The Kier molecular flexibility index (Phi) is 2.32. The Labute approximate surface area is 90.1 Å². The fourth-order valence-electron chi connectivity index (χ4n) is 1.04. The number of anilines is 1. The molecule has 1 aromatic heterocycles. The van der Waals surface area contributed by atoms with E-state index in [0.717, 1.165) is 0 Å². The van der Waals surface area contributed by atoms with Crippen LogP contribution in [-0.4, -0.2) is 15.5 Å². The maximum Gasteiger partial charge on any atom is 0.155 e. The molecule has 0 aliphatic carbocycles. The molecule has 0 amide bonds. The fraction of sp³-hybridized carbons (Fsp3) is 0.143. The normalized spacial score (nSPS) is 21.0. The Morgan fingerprint density at radius 1 is 1.46 bits per heavy atom. The van der Waals surface area contributed by atoms with Crippen molar-refractivity contribution in [2.75, 3.05) is 4.42 Å². The van der Waals surface area contributed by atoms with Gasteiger partial charge in [-0.15, -0.1) is 0 Å². The van der Waals surface area contributed by atoms with Crippen LogP contribution < -0.4 is 4.42 Å². The zero-order chi connectivity index (χ0) is 9.42.